The Morgan fingerprint density at radius 3 is 1.96 bits per heavy atom. The maximum atomic E-state index is 6.44. The van der Waals surface area contributed by atoms with Crippen LogP contribution >= 0.6 is 0 Å². The number of para-hydroxylation sites is 2. The number of hydrogen-bond donors (Lipinski definition) is 0. The zero-order valence-corrected chi connectivity index (χ0v) is 28.6. The van der Waals surface area contributed by atoms with Gasteiger partial charge in [-0.3, -0.25) is 0 Å². The molecule has 1 aromatic heterocycles. The van der Waals surface area contributed by atoms with E-state index in [-0.39, 0.29) is 5.41 Å². The van der Waals surface area contributed by atoms with Crippen molar-refractivity contribution in [3.8, 4) is 33.4 Å². The summed E-state index contributed by atoms with van der Waals surface area (Å²) in [5.41, 5.74) is 15.1. The lowest BCUT2D eigenvalue weighted by molar-refractivity contribution is 0.660. The predicted molar refractivity (Wildman–Crippen MR) is 214 cm³/mol. The maximum absolute atomic E-state index is 6.44. The van der Waals surface area contributed by atoms with Crippen molar-refractivity contribution in [2.75, 3.05) is 4.90 Å². The molecule has 2 heteroatoms. The van der Waals surface area contributed by atoms with Gasteiger partial charge in [0.05, 0.1) is 16.8 Å². The fraction of sp³-hybridized carbons (Fsp3) is 0.0612. The van der Waals surface area contributed by atoms with Gasteiger partial charge in [0.15, 0.2) is 0 Å². The standard InChI is InChI=1S/C49H35NO/c1-49(2)41-19-8-5-16-39(41)47-38(18-11-20-42(47)49)37-15-6-9-21-43(37)50(44-22-12-24-46-48(44)40-17-7-10-23-45(40)51-46)36-29-27-33(28-30-36)35-26-25-32-13-3-4-14-34(32)31-35/h3-31H,1-2H3. The number of hydrogen-bond acceptors (Lipinski definition) is 2. The Bertz CT molecular complexity index is 2780. The Balaban J connectivity index is 1.21. The largest absolute Gasteiger partial charge is 0.456 e. The SMILES string of the molecule is CC1(C)c2ccccc2-c2c(-c3ccccc3N(c3ccc(-c4ccc5ccccc5c4)cc3)c3cccc4oc5ccccc5c34)cccc21. The second-order valence-corrected chi connectivity index (χ2v) is 14.1. The quantitative estimate of drug-likeness (QED) is 0.184. The summed E-state index contributed by atoms with van der Waals surface area (Å²) in [5.74, 6) is 0. The van der Waals surface area contributed by atoms with E-state index in [9.17, 15) is 0 Å². The molecule has 0 aliphatic heterocycles. The summed E-state index contributed by atoms with van der Waals surface area (Å²) in [5, 5.41) is 4.70. The average molecular weight is 654 g/mol. The van der Waals surface area contributed by atoms with Gasteiger partial charge in [-0.15, -0.1) is 0 Å². The minimum absolute atomic E-state index is 0.0868. The van der Waals surface area contributed by atoms with Crippen LogP contribution < -0.4 is 4.90 Å². The highest BCUT2D eigenvalue weighted by Gasteiger charge is 2.37. The Morgan fingerprint density at radius 2 is 1.08 bits per heavy atom. The number of nitrogens with zero attached hydrogens (tertiary/aromatic N) is 1. The van der Waals surface area contributed by atoms with E-state index < -0.39 is 0 Å². The zero-order valence-electron chi connectivity index (χ0n) is 28.6. The molecule has 1 aliphatic carbocycles. The highest BCUT2D eigenvalue weighted by molar-refractivity contribution is 6.14. The van der Waals surface area contributed by atoms with Gasteiger partial charge in [-0.05, 0) is 92.2 Å². The minimum atomic E-state index is -0.0868. The molecule has 0 spiro atoms. The van der Waals surface area contributed by atoms with Crippen molar-refractivity contribution in [2.24, 2.45) is 0 Å². The molecule has 0 amide bonds. The van der Waals surface area contributed by atoms with E-state index in [0.29, 0.717) is 0 Å². The molecule has 9 aromatic rings. The maximum Gasteiger partial charge on any atom is 0.137 e. The van der Waals surface area contributed by atoms with Crippen molar-refractivity contribution in [1.29, 1.82) is 0 Å². The van der Waals surface area contributed by atoms with E-state index in [4.69, 9.17) is 4.42 Å². The van der Waals surface area contributed by atoms with Crippen LogP contribution in [0.2, 0.25) is 0 Å². The van der Waals surface area contributed by atoms with Gasteiger partial charge in [-0.2, -0.15) is 0 Å². The number of fused-ring (bicyclic) bond motifs is 7. The van der Waals surface area contributed by atoms with Crippen molar-refractivity contribution in [3.63, 3.8) is 0 Å². The zero-order chi connectivity index (χ0) is 34.1. The van der Waals surface area contributed by atoms with Gasteiger partial charge in [-0.1, -0.05) is 147 Å². The highest BCUT2D eigenvalue weighted by Crippen LogP contribution is 2.54. The Hall–Kier alpha value is -6.38. The first-order valence-electron chi connectivity index (χ1n) is 17.7. The molecule has 1 heterocycles. The fourth-order valence-corrected chi connectivity index (χ4v) is 8.40. The van der Waals surface area contributed by atoms with Crippen LogP contribution in [0.3, 0.4) is 0 Å². The van der Waals surface area contributed by atoms with E-state index in [2.05, 4.69) is 189 Å². The summed E-state index contributed by atoms with van der Waals surface area (Å²) in [6, 6.07) is 63.7. The highest BCUT2D eigenvalue weighted by atomic mass is 16.3. The van der Waals surface area contributed by atoms with Crippen LogP contribution in [0.4, 0.5) is 17.1 Å². The summed E-state index contributed by atoms with van der Waals surface area (Å²) in [6.07, 6.45) is 0. The normalized spacial score (nSPS) is 13.1. The molecule has 1 aliphatic rings. The molecule has 2 nitrogen and oxygen atoms in total. The molecule has 0 atom stereocenters. The van der Waals surface area contributed by atoms with Gasteiger partial charge >= 0.3 is 0 Å². The number of anilines is 3. The first kappa shape index (κ1) is 29.5. The van der Waals surface area contributed by atoms with Gasteiger partial charge in [0, 0.05) is 22.1 Å². The molecule has 0 fully saturated rings. The second kappa shape index (κ2) is 11.3. The average Bonchev–Trinajstić information content (AvgIpc) is 3.68. The Morgan fingerprint density at radius 1 is 0.451 bits per heavy atom. The summed E-state index contributed by atoms with van der Waals surface area (Å²) in [7, 11) is 0. The summed E-state index contributed by atoms with van der Waals surface area (Å²) in [4.78, 5) is 2.43. The summed E-state index contributed by atoms with van der Waals surface area (Å²) < 4.78 is 6.44. The van der Waals surface area contributed by atoms with Gasteiger partial charge in [0.25, 0.3) is 0 Å². The minimum Gasteiger partial charge on any atom is -0.456 e. The van der Waals surface area contributed by atoms with Gasteiger partial charge in [0.2, 0.25) is 0 Å². The first-order chi connectivity index (χ1) is 25.1. The lowest BCUT2D eigenvalue weighted by Gasteiger charge is -2.29. The smallest absolute Gasteiger partial charge is 0.137 e. The molecule has 51 heavy (non-hydrogen) atoms. The van der Waals surface area contributed by atoms with Gasteiger partial charge in [-0.25, -0.2) is 0 Å². The lowest BCUT2D eigenvalue weighted by Crippen LogP contribution is -2.15. The van der Waals surface area contributed by atoms with Crippen LogP contribution in [0.25, 0.3) is 66.1 Å². The molecular weight excluding hydrogens is 619 g/mol. The van der Waals surface area contributed by atoms with Crippen LogP contribution in [-0.4, -0.2) is 0 Å². The second-order valence-electron chi connectivity index (χ2n) is 14.1. The molecular formula is C49H35NO. The summed E-state index contributed by atoms with van der Waals surface area (Å²) >= 11 is 0. The van der Waals surface area contributed by atoms with Crippen LogP contribution in [0.5, 0.6) is 0 Å². The van der Waals surface area contributed by atoms with Crippen molar-refractivity contribution in [2.45, 2.75) is 19.3 Å². The topological polar surface area (TPSA) is 16.4 Å². The molecule has 10 rings (SSSR count). The van der Waals surface area contributed by atoms with Crippen LogP contribution in [0, 0.1) is 0 Å². The van der Waals surface area contributed by atoms with Crippen molar-refractivity contribution in [3.05, 3.63) is 187 Å². The van der Waals surface area contributed by atoms with Crippen LogP contribution in [0.15, 0.2) is 180 Å². The molecule has 0 N–H and O–H groups in total. The van der Waals surface area contributed by atoms with Crippen molar-refractivity contribution >= 4 is 49.8 Å². The van der Waals surface area contributed by atoms with E-state index in [0.717, 1.165) is 39.0 Å². The molecule has 242 valence electrons. The third-order valence-electron chi connectivity index (χ3n) is 10.9. The van der Waals surface area contributed by atoms with E-state index >= 15 is 0 Å². The van der Waals surface area contributed by atoms with Crippen LogP contribution in [-0.2, 0) is 5.41 Å². The molecule has 0 radical (unpaired) electrons. The van der Waals surface area contributed by atoms with Gasteiger partial charge < -0.3 is 9.32 Å². The molecule has 0 unspecified atom stereocenters. The van der Waals surface area contributed by atoms with Crippen LogP contribution in [0.1, 0.15) is 25.0 Å². The first-order valence-corrected chi connectivity index (χ1v) is 17.7. The molecule has 8 aromatic carbocycles. The molecule has 0 saturated heterocycles. The number of benzene rings is 8. The van der Waals surface area contributed by atoms with E-state index in [1.54, 1.807) is 0 Å². The monoisotopic (exact) mass is 653 g/mol. The fourth-order valence-electron chi connectivity index (χ4n) is 8.40. The van der Waals surface area contributed by atoms with Crippen molar-refractivity contribution in [1.82, 2.24) is 0 Å². The van der Waals surface area contributed by atoms with E-state index in [1.807, 2.05) is 6.07 Å². The third kappa shape index (κ3) is 4.57. The Labute approximate surface area is 297 Å². The number of furan rings is 1. The Kier molecular flexibility index (Phi) is 6.56. The molecule has 0 saturated carbocycles. The van der Waals surface area contributed by atoms with E-state index in [1.165, 1.54) is 55.3 Å². The van der Waals surface area contributed by atoms with Gasteiger partial charge in [0.1, 0.15) is 11.2 Å². The number of rotatable bonds is 5. The molecule has 0 bridgehead atoms. The lowest BCUT2D eigenvalue weighted by atomic mass is 9.82. The predicted octanol–water partition coefficient (Wildman–Crippen LogP) is 13.8. The third-order valence-corrected chi connectivity index (χ3v) is 10.9. The summed E-state index contributed by atoms with van der Waals surface area (Å²) in [6.45, 7) is 4.70. The van der Waals surface area contributed by atoms with Crippen molar-refractivity contribution < 1.29 is 4.42 Å².